The second-order valence-corrected chi connectivity index (χ2v) is 2.49. The molecule has 1 saturated heterocycles. The van der Waals surface area contributed by atoms with E-state index in [1.807, 2.05) is 6.92 Å². The molecular weight excluding hydrogens is 105 g/mol. The lowest BCUT2D eigenvalue weighted by Gasteiger charge is -2.22. The van der Waals surface area contributed by atoms with Crippen LogP contribution in [0, 0.1) is 5.92 Å². The Morgan fingerprint density at radius 2 is 2.38 bits per heavy atom. The van der Waals surface area contributed by atoms with Crippen molar-refractivity contribution in [3.05, 3.63) is 0 Å². The molecule has 1 aliphatic rings. The third-order valence-corrected chi connectivity index (χ3v) is 1.68. The maximum absolute atomic E-state index is 12.5. The van der Waals surface area contributed by atoms with E-state index in [1.54, 1.807) is 0 Å². The first kappa shape index (κ1) is 6.02. The Morgan fingerprint density at radius 3 is 2.75 bits per heavy atom. The van der Waals surface area contributed by atoms with Gasteiger partial charge < -0.3 is 5.32 Å². The SMILES string of the molecule is CC1CNCCC1F. The minimum Gasteiger partial charge on any atom is -0.316 e. The minimum absolute atomic E-state index is 0.226. The predicted molar refractivity (Wildman–Crippen MR) is 31.5 cm³/mol. The number of halogens is 1. The molecule has 0 aromatic carbocycles. The van der Waals surface area contributed by atoms with Gasteiger partial charge in [0, 0.05) is 6.54 Å². The summed E-state index contributed by atoms with van der Waals surface area (Å²) < 4.78 is 12.5. The zero-order valence-electron chi connectivity index (χ0n) is 5.15. The zero-order chi connectivity index (χ0) is 5.98. The van der Waals surface area contributed by atoms with E-state index in [1.165, 1.54) is 0 Å². The third kappa shape index (κ3) is 1.19. The first-order chi connectivity index (χ1) is 3.80. The molecule has 0 amide bonds. The Kier molecular flexibility index (Phi) is 1.84. The zero-order valence-corrected chi connectivity index (χ0v) is 5.15. The quantitative estimate of drug-likeness (QED) is 0.498. The summed E-state index contributed by atoms with van der Waals surface area (Å²) in [7, 11) is 0. The smallest absolute Gasteiger partial charge is 0.105 e. The molecule has 1 fully saturated rings. The van der Waals surface area contributed by atoms with Crippen LogP contribution < -0.4 is 5.32 Å². The molecule has 8 heavy (non-hydrogen) atoms. The molecule has 0 bridgehead atoms. The fourth-order valence-electron chi connectivity index (χ4n) is 0.982. The van der Waals surface area contributed by atoms with E-state index in [0.717, 1.165) is 13.1 Å². The number of nitrogens with one attached hydrogen (secondary N) is 1. The largest absolute Gasteiger partial charge is 0.316 e. The highest BCUT2D eigenvalue weighted by molar-refractivity contribution is 4.73. The van der Waals surface area contributed by atoms with Crippen LogP contribution in [0.4, 0.5) is 4.39 Å². The van der Waals surface area contributed by atoms with Crippen molar-refractivity contribution in [3.8, 4) is 0 Å². The molecule has 48 valence electrons. The highest BCUT2D eigenvalue weighted by atomic mass is 19.1. The average molecular weight is 117 g/mol. The number of hydrogen-bond acceptors (Lipinski definition) is 1. The van der Waals surface area contributed by atoms with Crippen LogP contribution in [0.2, 0.25) is 0 Å². The maximum atomic E-state index is 12.5. The molecular formula is C6H12FN. The predicted octanol–water partition coefficient (Wildman–Crippen LogP) is 0.954. The fourth-order valence-corrected chi connectivity index (χ4v) is 0.982. The summed E-state index contributed by atoms with van der Waals surface area (Å²) in [6, 6.07) is 0. The fraction of sp³-hybridized carbons (Fsp3) is 1.00. The number of rotatable bonds is 0. The molecule has 1 rings (SSSR count). The van der Waals surface area contributed by atoms with Crippen LogP contribution in [0.5, 0.6) is 0 Å². The van der Waals surface area contributed by atoms with Crippen molar-refractivity contribution in [3.63, 3.8) is 0 Å². The van der Waals surface area contributed by atoms with Gasteiger partial charge >= 0.3 is 0 Å². The summed E-state index contributed by atoms with van der Waals surface area (Å²) in [4.78, 5) is 0. The summed E-state index contributed by atoms with van der Waals surface area (Å²) in [5, 5.41) is 3.12. The van der Waals surface area contributed by atoms with Gasteiger partial charge in [-0.1, -0.05) is 6.92 Å². The van der Waals surface area contributed by atoms with Gasteiger partial charge in [-0.25, -0.2) is 4.39 Å². The van der Waals surface area contributed by atoms with Gasteiger partial charge in [0.15, 0.2) is 0 Å². The van der Waals surface area contributed by atoms with Crippen LogP contribution in [0.25, 0.3) is 0 Å². The molecule has 2 heteroatoms. The number of hydrogen-bond donors (Lipinski definition) is 1. The highest BCUT2D eigenvalue weighted by Crippen LogP contribution is 2.12. The van der Waals surface area contributed by atoms with Gasteiger partial charge in [-0.2, -0.15) is 0 Å². The van der Waals surface area contributed by atoms with Crippen LogP contribution in [0.15, 0.2) is 0 Å². The topological polar surface area (TPSA) is 12.0 Å². The maximum Gasteiger partial charge on any atom is 0.105 e. The second kappa shape index (κ2) is 2.44. The third-order valence-electron chi connectivity index (χ3n) is 1.68. The molecule has 0 spiro atoms. The minimum atomic E-state index is -0.559. The standard InChI is InChI=1S/C6H12FN/c1-5-4-8-3-2-6(5)7/h5-6,8H,2-4H2,1H3. The summed E-state index contributed by atoms with van der Waals surface area (Å²) in [5.74, 6) is 0.226. The summed E-state index contributed by atoms with van der Waals surface area (Å²) >= 11 is 0. The van der Waals surface area contributed by atoms with Gasteiger partial charge in [0.1, 0.15) is 6.17 Å². The van der Waals surface area contributed by atoms with Crippen molar-refractivity contribution in [2.75, 3.05) is 13.1 Å². The van der Waals surface area contributed by atoms with E-state index >= 15 is 0 Å². The van der Waals surface area contributed by atoms with Crippen molar-refractivity contribution in [2.45, 2.75) is 19.5 Å². The van der Waals surface area contributed by atoms with Gasteiger partial charge in [-0.15, -0.1) is 0 Å². The van der Waals surface area contributed by atoms with Crippen LogP contribution in [0.3, 0.4) is 0 Å². The molecule has 0 aromatic heterocycles. The lowest BCUT2D eigenvalue weighted by Crippen LogP contribution is -2.35. The summed E-state index contributed by atoms with van der Waals surface area (Å²) in [5.41, 5.74) is 0. The number of piperidine rings is 1. The Hall–Kier alpha value is -0.110. The lowest BCUT2D eigenvalue weighted by molar-refractivity contribution is 0.192. The summed E-state index contributed by atoms with van der Waals surface area (Å²) in [6.07, 6.45) is 0.137. The normalized spacial score (nSPS) is 39.8. The van der Waals surface area contributed by atoms with Gasteiger partial charge in [0.05, 0.1) is 0 Å². The molecule has 1 N–H and O–H groups in total. The van der Waals surface area contributed by atoms with Crippen molar-refractivity contribution in [1.29, 1.82) is 0 Å². The van der Waals surface area contributed by atoms with E-state index in [2.05, 4.69) is 5.32 Å². The van der Waals surface area contributed by atoms with Crippen molar-refractivity contribution >= 4 is 0 Å². The van der Waals surface area contributed by atoms with E-state index in [-0.39, 0.29) is 5.92 Å². The van der Waals surface area contributed by atoms with Crippen LogP contribution in [0.1, 0.15) is 13.3 Å². The second-order valence-electron chi connectivity index (χ2n) is 2.49. The molecule has 2 unspecified atom stereocenters. The van der Waals surface area contributed by atoms with E-state index < -0.39 is 6.17 Å². The van der Waals surface area contributed by atoms with Gasteiger partial charge in [-0.05, 0) is 18.9 Å². The molecule has 0 saturated carbocycles. The molecule has 1 heterocycles. The van der Waals surface area contributed by atoms with Gasteiger partial charge in [0.2, 0.25) is 0 Å². The van der Waals surface area contributed by atoms with Crippen LogP contribution in [-0.2, 0) is 0 Å². The van der Waals surface area contributed by atoms with Crippen LogP contribution in [-0.4, -0.2) is 19.3 Å². The monoisotopic (exact) mass is 117 g/mol. The Bertz CT molecular complexity index is 64.9. The lowest BCUT2D eigenvalue weighted by atomic mass is 10.0. The van der Waals surface area contributed by atoms with E-state index in [9.17, 15) is 4.39 Å². The van der Waals surface area contributed by atoms with Crippen LogP contribution >= 0.6 is 0 Å². The average Bonchev–Trinajstić information content (AvgIpc) is 1.77. The van der Waals surface area contributed by atoms with Crippen molar-refractivity contribution in [2.24, 2.45) is 5.92 Å². The van der Waals surface area contributed by atoms with E-state index in [0.29, 0.717) is 6.42 Å². The summed E-state index contributed by atoms with van der Waals surface area (Å²) in [6.45, 7) is 3.64. The Balaban J connectivity index is 2.28. The van der Waals surface area contributed by atoms with Gasteiger partial charge in [-0.3, -0.25) is 0 Å². The molecule has 1 aliphatic heterocycles. The highest BCUT2D eigenvalue weighted by Gasteiger charge is 2.18. The Morgan fingerprint density at radius 1 is 1.62 bits per heavy atom. The first-order valence-electron chi connectivity index (χ1n) is 3.15. The first-order valence-corrected chi connectivity index (χ1v) is 3.15. The van der Waals surface area contributed by atoms with E-state index in [4.69, 9.17) is 0 Å². The molecule has 2 atom stereocenters. The van der Waals surface area contributed by atoms with Crippen molar-refractivity contribution in [1.82, 2.24) is 5.32 Å². The molecule has 1 nitrogen and oxygen atoms in total. The van der Waals surface area contributed by atoms with Gasteiger partial charge in [0.25, 0.3) is 0 Å². The Labute approximate surface area is 49.3 Å². The molecule has 0 radical (unpaired) electrons. The van der Waals surface area contributed by atoms with Crippen molar-refractivity contribution < 1.29 is 4.39 Å². The molecule has 0 aromatic rings. The number of alkyl halides is 1. The molecule has 0 aliphatic carbocycles.